The number of aryl methyl sites for hydroxylation is 2. The largest absolute Gasteiger partial charge is 0.533 e. The van der Waals surface area contributed by atoms with E-state index in [4.69, 9.17) is 0 Å². The molecule has 1 rings (SSSR count). The van der Waals surface area contributed by atoms with Gasteiger partial charge >= 0.3 is 0 Å². The smallest absolute Gasteiger partial charge is 0.0144 e. The third-order valence-corrected chi connectivity index (χ3v) is 2.21. The zero-order chi connectivity index (χ0) is 8.59. The van der Waals surface area contributed by atoms with Gasteiger partial charge in [0.05, 0.1) is 0 Å². The molecule has 64 valence electrons. The van der Waals surface area contributed by atoms with Gasteiger partial charge in [-0.05, 0) is 0 Å². The standard InChI is InChI=1S/C10H13O.Zr/c1-6-5-7(2)9(4)10(11)8(6)3;/h11H,1-4H3;/q-1;. The molecule has 1 N–H and O–H groups in total. The van der Waals surface area contributed by atoms with Crippen molar-refractivity contribution in [2.75, 3.05) is 0 Å². The molecule has 0 amide bonds. The normalized spacial score (nSPS) is 9.33. The molecule has 1 aromatic rings. The molecule has 0 fully saturated rings. The van der Waals surface area contributed by atoms with Gasteiger partial charge in [0.25, 0.3) is 0 Å². The Bertz CT molecular complexity index is 266. The molecule has 0 spiro atoms. The Morgan fingerprint density at radius 3 is 1.58 bits per heavy atom. The molecular weight excluding hydrogens is 227 g/mol. The van der Waals surface area contributed by atoms with Gasteiger partial charge < -0.3 is 5.11 Å². The first-order chi connectivity index (χ1) is 5.04. The first-order valence-corrected chi connectivity index (χ1v) is 3.72. The number of phenols is 1. The van der Waals surface area contributed by atoms with Crippen LogP contribution in [0.1, 0.15) is 22.3 Å². The monoisotopic (exact) mass is 239 g/mol. The van der Waals surface area contributed by atoms with Crippen LogP contribution in [0.2, 0.25) is 0 Å². The van der Waals surface area contributed by atoms with Crippen molar-refractivity contribution in [2.45, 2.75) is 27.7 Å². The third-order valence-electron chi connectivity index (χ3n) is 2.21. The predicted octanol–water partition coefficient (Wildman–Crippen LogP) is 2.42. The van der Waals surface area contributed by atoms with Crippen molar-refractivity contribution in [1.82, 2.24) is 0 Å². The van der Waals surface area contributed by atoms with Crippen molar-refractivity contribution in [2.24, 2.45) is 0 Å². The average Bonchev–Trinajstić information content (AvgIpc) is 1.97. The molecule has 1 aromatic carbocycles. The van der Waals surface area contributed by atoms with Crippen LogP contribution in [0.4, 0.5) is 0 Å². The van der Waals surface area contributed by atoms with Crippen molar-refractivity contribution in [3.8, 4) is 5.75 Å². The Labute approximate surface area is 92.9 Å². The molecule has 0 saturated heterocycles. The average molecular weight is 240 g/mol. The second-order valence-corrected chi connectivity index (χ2v) is 2.97. The molecule has 12 heavy (non-hydrogen) atoms. The van der Waals surface area contributed by atoms with Crippen LogP contribution in [0.25, 0.3) is 0 Å². The van der Waals surface area contributed by atoms with Gasteiger partial charge in [0.2, 0.25) is 0 Å². The van der Waals surface area contributed by atoms with E-state index in [1.807, 2.05) is 27.7 Å². The van der Waals surface area contributed by atoms with Crippen LogP contribution < -0.4 is 0 Å². The van der Waals surface area contributed by atoms with Gasteiger partial charge in [-0.15, -0.1) is 11.1 Å². The number of benzene rings is 1. The third kappa shape index (κ3) is 1.98. The second-order valence-electron chi connectivity index (χ2n) is 2.97. The quantitative estimate of drug-likeness (QED) is 0.691. The first-order valence-electron chi connectivity index (χ1n) is 3.72. The maximum atomic E-state index is 9.55. The van der Waals surface area contributed by atoms with E-state index in [0.717, 1.165) is 22.3 Å². The van der Waals surface area contributed by atoms with Gasteiger partial charge in [0.1, 0.15) is 0 Å². The van der Waals surface area contributed by atoms with Crippen LogP contribution in [-0.4, -0.2) is 5.11 Å². The molecule has 0 aliphatic carbocycles. The Hall–Kier alpha value is -0.0969. The van der Waals surface area contributed by atoms with Gasteiger partial charge in [-0.2, -0.15) is 17.2 Å². The van der Waals surface area contributed by atoms with Crippen LogP contribution in [0, 0.1) is 33.8 Å². The first kappa shape index (κ1) is 11.9. The van der Waals surface area contributed by atoms with Crippen LogP contribution in [0.15, 0.2) is 0 Å². The minimum Gasteiger partial charge on any atom is -0.533 e. The predicted molar refractivity (Wildman–Crippen MR) is 45.9 cm³/mol. The Morgan fingerprint density at radius 1 is 0.917 bits per heavy atom. The zero-order valence-corrected chi connectivity index (χ0v) is 10.4. The molecule has 1 nitrogen and oxygen atoms in total. The summed E-state index contributed by atoms with van der Waals surface area (Å²) in [6, 6.07) is 3.19. The fraction of sp³-hybridized carbons (Fsp3) is 0.400. The Morgan fingerprint density at radius 2 is 1.25 bits per heavy atom. The molecule has 2 heteroatoms. The summed E-state index contributed by atoms with van der Waals surface area (Å²) in [5.41, 5.74) is 3.94. The van der Waals surface area contributed by atoms with Crippen LogP contribution >= 0.6 is 0 Å². The summed E-state index contributed by atoms with van der Waals surface area (Å²) in [4.78, 5) is 0. The minimum absolute atomic E-state index is 0. The molecular formula is C10H13OZr-. The molecule has 0 atom stereocenters. The number of hydrogen-bond acceptors (Lipinski definition) is 1. The number of hydrogen-bond donors (Lipinski definition) is 1. The maximum Gasteiger partial charge on any atom is 0.0144 e. The van der Waals surface area contributed by atoms with Gasteiger partial charge in [-0.3, -0.25) is 0 Å². The van der Waals surface area contributed by atoms with Crippen molar-refractivity contribution in [3.63, 3.8) is 0 Å². The van der Waals surface area contributed by atoms with Crippen molar-refractivity contribution < 1.29 is 31.3 Å². The fourth-order valence-corrected chi connectivity index (χ4v) is 1.11. The van der Waals surface area contributed by atoms with Gasteiger partial charge in [0.15, 0.2) is 0 Å². The van der Waals surface area contributed by atoms with Crippen LogP contribution in [0.3, 0.4) is 0 Å². The van der Waals surface area contributed by atoms with Crippen molar-refractivity contribution in [1.29, 1.82) is 0 Å². The zero-order valence-electron chi connectivity index (χ0n) is 7.95. The van der Waals surface area contributed by atoms with Gasteiger partial charge in [-0.1, -0.05) is 27.7 Å². The van der Waals surface area contributed by atoms with E-state index in [0.29, 0.717) is 5.75 Å². The number of phenolic OH excluding ortho intramolecular Hbond substituents is 1. The topological polar surface area (TPSA) is 20.2 Å². The molecule has 0 aromatic heterocycles. The Balaban J connectivity index is 0.00000121. The van der Waals surface area contributed by atoms with E-state index in [-0.39, 0.29) is 26.2 Å². The molecule has 0 aliphatic heterocycles. The van der Waals surface area contributed by atoms with Crippen molar-refractivity contribution >= 4 is 0 Å². The Kier molecular flexibility index (Phi) is 4.19. The van der Waals surface area contributed by atoms with E-state index >= 15 is 0 Å². The second kappa shape index (κ2) is 4.23. The summed E-state index contributed by atoms with van der Waals surface area (Å²) in [6.07, 6.45) is 0. The summed E-state index contributed by atoms with van der Waals surface area (Å²) in [7, 11) is 0. The summed E-state index contributed by atoms with van der Waals surface area (Å²) in [6.45, 7) is 7.74. The van der Waals surface area contributed by atoms with Gasteiger partial charge in [-0.25, -0.2) is 0 Å². The summed E-state index contributed by atoms with van der Waals surface area (Å²) < 4.78 is 0. The molecule has 0 bridgehead atoms. The molecule has 0 heterocycles. The van der Waals surface area contributed by atoms with E-state index in [2.05, 4.69) is 6.07 Å². The van der Waals surface area contributed by atoms with Crippen LogP contribution in [0.5, 0.6) is 5.75 Å². The minimum atomic E-state index is 0. The number of aromatic hydroxyl groups is 1. The summed E-state index contributed by atoms with van der Waals surface area (Å²) in [5.74, 6) is 0.416. The van der Waals surface area contributed by atoms with E-state index < -0.39 is 0 Å². The van der Waals surface area contributed by atoms with E-state index in [1.54, 1.807) is 0 Å². The molecule has 0 unspecified atom stereocenters. The molecule has 0 aliphatic rings. The summed E-state index contributed by atoms with van der Waals surface area (Å²) >= 11 is 0. The van der Waals surface area contributed by atoms with Crippen LogP contribution in [-0.2, 0) is 26.2 Å². The maximum absolute atomic E-state index is 9.55. The molecule has 0 radical (unpaired) electrons. The van der Waals surface area contributed by atoms with Gasteiger partial charge in [0, 0.05) is 32.0 Å². The fourth-order valence-electron chi connectivity index (χ4n) is 1.11. The summed E-state index contributed by atoms with van der Waals surface area (Å²) in [5, 5.41) is 9.55. The van der Waals surface area contributed by atoms with Crippen molar-refractivity contribution in [3.05, 3.63) is 28.3 Å². The SMILES string of the molecule is Cc1[c-]c(C)c(C)c(O)c1C.[Zr]. The number of rotatable bonds is 0. The van der Waals surface area contributed by atoms with E-state index in [1.165, 1.54) is 0 Å². The molecule has 0 saturated carbocycles. The van der Waals surface area contributed by atoms with E-state index in [9.17, 15) is 5.11 Å².